The SMILES string of the molecule is CCCCCC(C=O)NC(=O)OS. The molecule has 0 saturated heterocycles. The fourth-order valence-electron chi connectivity index (χ4n) is 0.966. The monoisotopic (exact) mass is 205 g/mol. The van der Waals surface area contributed by atoms with Crippen molar-refractivity contribution in [3.8, 4) is 0 Å². The van der Waals surface area contributed by atoms with Gasteiger partial charge in [-0.2, -0.15) is 0 Å². The second-order valence-electron chi connectivity index (χ2n) is 2.76. The first-order valence-corrected chi connectivity index (χ1v) is 4.68. The average Bonchev–Trinajstić information content (AvgIpc) is 2.16. The second-order valence-corrected chi connectivity index (χ2v) is 2.94. The molecule has 0 aliphatic heterocycles. The summed E-state index contributed by atoms with van der Waals surface area (Å²) in [5, 5.41) is 2.37. The maximum absolute atomic E-state index is 10.6. The zero-order chi connectivity index (χ0) is 10.1. The van der Waals surface area contributed by atoms with E-state index < -0.39 is 12.1 Å². The minimum absolute atomic E-state index is 0.453. The zero-order valence-corrected chi connectivity index (χ0v) is 8.55. The van der Waals surface area contributed by atoms with Crippen LogP contribution in [-0.4, -0.2) is 18.4 Å². The van der Waals surface area contributed by atoms with Crippen LogP contribution >= 0.6 is 12.9 Å². The first kappa shape index (κ1) is 12.3. The molecule has 0 aromatic carbocycles. The molecule has 0 spiro atoms. The van der Waals surface area contributed by atoms with Crippen LogP contribution in [-0.2, 0) is 8.98 Å². The lowest BCUT2D eigenvalue weighted by molar-refractivity contribution is -0.109. The van der Waals surface area contributed by atoms with E-state index in [0.29, 0.717) is 12.7 Å². The molecule has 0 heterocycles. The highest BCUT2D eigenvalue weighted by Gasteiger charge is 2.10. The first-order chi connectivity index (χ1) is 6.24. The molecule has 4 nitrogen and oxygen atoms in total. The highest BCUT2D eigenvalue weighted by atomic mass is 32.1. The summed E-state index contributed by atoms with van der Waals surface area (Å²) < 4.78 is 4.07. The van der Waals surface area contributed by atoms with E-state index in [9.17, 15) is 9.59 Å². The van der Waals surface area contributed by atoms with Gasteiger partial charge in [0.15, 0.2) is 0 Å². The van der Waals surface area contributed by atoms with Crippen LogP contribution in [0.15, 0.2) is 0 Å². The molecule has 5 heteroatoms. The van der Waals surface area contributed by atoms with Crippen molar-refractivity contribution in [1.29, 1.82) is 0 Å². The summed E-state index contributed by atoms with van der Waals surface area (Å²) in [6, 6.07) is -0.453. The van der Waals surface area contributed by atoms with Crippen LogP contribution in [0.1, 0.15) is 32.6 Å². The molecule has 0 saturated carbocycles. The van der Waals surface area contributed by atoms with E-state index in [-0.39, 0.29) is 0 Å². The predicted octanol–water partition coefficient (Wildman–Crippen LogP) is 1.71. The summed E-state index contributed by atoms with van der Waals surface area (Å²) in [6.07, 6.45) is 3.75. The summed E-state index contributed by atoms with van der Waals surface area (Å²) in [7, 11) is 0. The lowest BCUT2D eigenvalue weighted by atomic mass is 10.1. The van der Waals surface area contributed by atoms with Crippen molar-refractivity contribution >= 4 is 25.3 Å². The Bertz CT molecular complexity index is 163. The minimum Gasteiger partial charge on any atom is -0.378 e. The third-order valence-corrected chi connectivity index (χ3v) is 1.83. The predicted molar refractivity (Wildman–Crippen MR) is 52.6 cm³/mol. The van der Waals surface area contributed by atoms with Crippen LogP contribution in [0.3, 0.4) is 0 Å². The normalized spacial score (nSPS) is 11.8. The molecule has 1 N–H and O–H groups in total. The molecule has 0 aromatic heterocycles. The lowest BCUT2D eigenvalue weighted by Gasteiger charge is -2.09. The number of carbonyl (C=O) groups is 2. The van der Waals surface area contributed by atoms with Gasteiger partial charge in [0.05, 0.1) is 6.04 Å². The number of rotatable bonds is 6. The fourth-order valence-corrected chi connectivity index (χ4v) is 1.02. The van der Waals surface area contributed by atoms with Crippen molar-refractivity contribution in [3.63, 3.8) is 0 Å². The van der Waals surface area contributed by atoms with E-state index in [1.165, 1.54) is 0 Å². The Morgan fingerprint density at radius 2 is 2.31 bits per heavy atom. The maximum Gasteiger partial charge on any atom is 0.419 e. The third-order valence-electron chi connectivity index (χ3n) is 1.67. The number of aldehydes is 1. The lowest BCUT2D eigenvalue weighted by Crippen LogP contribution is -2.35. The number of hydrogen-bond donors (Lipinski definition) is 2. The molecule has 0 fully saturated rings. The van der Waals surface area contributed by atoms with Gasteiger partial charge >= 0.3 is 6.09 Å². The Hall–Kier alpha value is -0.710. The number of amides is 1. The van der Waals surface area contributed by atoms with Gasteiger partial charge in [0.25, 0.3) is 0 Å². The van der Waals surface area contributed by atoms with Gasteiger partial charge in [0.1, 0.15) is 6.29 Å². The fraction of sp³-hybridized carbons (Fsp3) is 0.750. The van der Waals surface area contributed by atoms with Crippen molar-refractivity contribution in [2.75, 3.05) is 0 Å². The molecule has 1 unspecified atom stereocenters. The quantitative estimate of drug-likeness (QED) is 0.300. The number of unbranched alkanes of at least 4 members (excludes halogenated alkanes) is 2. The molecule has 0 rings (SSSR count). The average molecular weight is 205 g/mol. The molecule has 1 atom stereocenters. The van der Waals surface area contributed by atoms with Gasteiger partial charge < -0.3 is 14.3 Å². The topological polar surface area (TPSA) is 55.4 Å². The molecule has 0 aliphatic carbocycles. The van der Waals surface area contributed by atoms with Crippen molar-refractivity contribution in [2.24, 2.45) is 0 Å². The summed E-state index contributed by atoms with van der Waals surface area (Å²) in [4.78, 5) is 21.1. The number of hydrogen-bond acceptors (Lipinski definition) is 4. The van der Waals surface area contributed by atoms with Crippen LogP contribution in [0, 0.1) is 0 Å². The first-order valence-electron chi connectivity index (χ1n) is 4.31. The summed E-state index contributed by atoms with van der Waals surface area (Å²) in [5.74, 6) is 0. The van der Waals surface area contributed by atoms with E-state index in [0.717, 1.165) is 19.3 Å². The van der Waals surface area contributed by atoms with Crippen molar-refractivity contribution in [1.82, 2.24) is 5.32 Å². The summed E-state index contributed by atoms with van der Waals surface area (Å²) >= 11 is 3.31. The molecule has 76 valence electrons. The van der Waals surface area contributed by atoms with Gasteiger partial charge in [-0.15, -0.1) is 0 Å². The molecule has 0 aromatic rings. The molecule has 0 aliphatic rings. The van der Waals surface area contributed by atoms with Crippen LogP contribution in [0.5, 0.6) is 0 Å². The zero-order valence-electron chi connectivity index (χ0n) is 7.66. The molecule has 0 bridgehead atoms. The van der Waals surface area contributed by atoms with Crippen LogP contribution < -0.4 is 5.32 Å². The Labute approximate surface area is 83.6 Å². The number of thiol groups is 1. The minimum atomic E-state index is -0.683. The van der Waals surface area contributed by atoms with Crippen LogP contribution in [0.4, 0.5) is 4.79 Å². The van der Waals surface area contributed by atoms with Gasteiger partial charge in [-0.1, -0.05) is 26.2 Å². The second kappa shape index (κ2) is 7.91. The Kier molecular flexibility index (Phi) is 7.48. The van der Waals surface area contributed by atoms with E-state index in [4.69, 9.17) is 0 Å². The molecular weight excluding hydrogens is 190 g/mol. The summed E-state index contributed by atoms with van der Waals surface area (Å²) in [6.45, 7) is 2.07. The van der Waals surface area contributed by atoms with Gasteiger partial charge in [-0.05, 0) is 6.42 Å². The van der Waals surface area contributed by atoms with E-state index >= 15 is 0 Å². The Balaban J connectivity index is 3.62. The van der Waals surface area contributed by atoms with Gasteiger partial charge in [0.2, 0.25) is 0 Å². The number of carbonyl (C=O) groups excluding carboxylic acids is 2. The van der Waals surface area contributed by atoms with Crippen LogP contribution in [0.25, 0.3) is 0 Å². The standard InChI is InChI=1S/C8H15NO3S/c1-2-3-4-5-7(6-10)9-8(11)12-13/h6-7,13H,2-5H2,1H3,(H,9,11). The van der Waals surface area contributed by atoms with E-state index in [1.54, 1.807) is 0 Å². The van der Waals surface area contributed by atoms with E-state index in [2.05, 4.69) is 29.3 Å². The highest BCUT2D eigenvalue weighted by molar-refractivity contribution is 7.75. The van der Waals surface area contributed by atoms with Gasteiger partial charge in [-0.25, -0.2) is 4.79 Å². The highest BCUT2D eigenvalue weighted by Crippen LogP contribution is 2.02. The van der Waals surface area contributed by atoms with Crippen molar-refractivity contribution in [3.05, 3.63) is 0 Å². The molecular formula is C8H15NO3S. The van der Waals surface area contributed by atoms with Crippen molar-refractivity contribution < 1.29 is 13.8 Å². The van der Waals surface area contributed by atoms with E-state index in [1.807, 2.05) is 0 Å². The van der Waals surface area contributed by atoms with Gasteiger partial charge in [0, 0.05) is 12.9 Å². The molecule has 0 radical (unpaired) electrons. The van der Waals surface area contributed by atoms with Gasteiger partial charge in [-0.3, -0.25) is 0 Å². The van der Waals surface area contributed by atoms with Crippen molar-refractivity contribution in [2.45, 2.75) is 38.6 Å². The molecule has 1 amide bonds. The Morgan fingerprint density at radius 3 is 2.77 bits per heavy atom. The largest absolute Gasteiger partial charge is 0.419 e. The maximum atomic E-state index is 10.6. The number of nitrogens with one attached hydrogen (secondary N) is 1. The molecule has 13 heavy (non-hydrogen) atoms. The summed E-state index contributed by atoms with van der Waals surface area (Å²) in [5.41, 5.74) is 0. The smallest absolute Gasteiger partial charge is 0.378 e. The Morgan fingerprint density at radius 1 is 1.62 bits per heavy atom. The van der Waals surface area contributed by atoms with Crippen LogP contribution in [0.2, 0.25) is 0 Å². The third kappa shape index (κ3) is 6.45.